The first-order valence-corrected chi connectivity index (χ1v) is 4.42. The number of hydrogen-bond donors (Lipinski definition) is 1. The van der Waals surface area contributed by atoms with Crippen molar-refractivity contribution in [1.29, 1.82) is 5.26 Å². The maximum atomic E-state index is 8.39. The van der Waals surface area contributed by atoms with Gasteiger partial charge in [0.25, 0.3) is 0 Å². The number of hydrogen-bond acceptors (Lipinski definition) is 3. The highest BCUT2D eigenvalue weighted by Gasteiger charge is 2.01. The van der Waals surface area contributed by atoms with Crippen molar-refractivity contribution < 1.29 is 0 Å². The molecule has 0 aliphatic heterocycles. The Bertz CT molecular complexity index is 376. The second-order valence-electron chi connectivity index (χ2n) is 3.13. The summed E-state index contributed by atoms with van der Waals surface area (Å²) in [5, 5.41) is 8.39. The van der Waals surface area contributed by atoms with E-state index in [0.29, 0.717) is 12.2 Å². The zero-order valence-electron chi connectivity index (χ0n) is 8.41. The molecule has 3 heteroatoms. The molecule has 0 aliphatic rings. The van der Waals surface area contributed by atoms with Crippen LogP contribution < -0.4 is 5.73 Å². The van der Waals surface area contributed by atoms with E-state index in [-0.39, 0.29) is 0 Å². The molecular formula is C11H13N3. The van der Waals surface area contributed by atoms with E-state index in [2.05, 4.69) is 11.1 Å². The van der Waals surface area contributed by atoms with E-state index in [9.17, 15) is 0 Å². The van der Waals surface area contributed by atoms with Gasteiger partial charge in [0.2, 0.25) is 0 Å². The molecule has 14 heavy (non-hydrogen) atoms. The molecule has 72 valence electrons. The maximum absolute atomic E-state index is 8.39. The number of aromatic nitrogens is 1. The normalized spacial score (nSPS) is 10.4. The van der Waals surface area contributed by atoms with Gasteiger partial charge in [0.05, 0.1) is 12.5 Å². The van der Waals surface area contributed by atoms with Crippen LogP contribution in [0.4, 0.5) is 5.82 Å². The highest BCUT2D eigenvalue weighted by atomic mass is 14.8. The van der Waals surface area contributed by atoms with E-state index in [4.69, 9.17) is 11.0 Å². The fourth-order valence-electron chi connectivity index (χ4n) is 1.35. The van der Waals surface area contributed by atoms with Gasteiger partial charge in [0.1, 0.15) is 5.82 Å². The average molecular weight is 187 g/mol. The number of anilines is 1. The lowest BCUT2D eigenvalue weighted by Gasteiger charge is -2.05. The Balaban J connectivity index is 3.04. The zero-order chi connectivity index (χ0) is 10.6. The third-order valence-electron chi connectivity index (χ3n) is 1.97. The van der Waals surface area contributed by atoms with Crippen LogP contribution in [0.3, 0.4) is 0 Å². The Kier molecular flexibility index (Phi) is 3.24. The summed E-state index contributed by atoms with van der Waals surface area (Å²) in [7, 11) is 0. The molecule has 0 aromatic carbocycles. The second kappa shape index (κ2) is 4.43. The van der Waals surface area contributed by atoms with Crippen LogP contribution in [0, 0.1) is 25.2 Å². The lowest BCUT2D eigenvalue weighted by molar-refractivity contribution is 1.17. The van der Waals surface area contributed by atoms with Gasteiger partial charge in [-0.05, 0) is 31.0 Å². The molecule has 1 aromatic rings. The molecule has 1 heterocycles. The molecule has 0 aliphatic carbocycles. The molecule has 1 aromatic heterocycles. The van der Waals surface area contributed by atoms with Crippen LogP contribution in [0.15, 0.2) is 12.1 Å². The second-order valence-corrected chi connectivity index (χ2v) is 3.13. The number of rotatable bonds is 2. The van der Waals surface area contributed by atoms with Gasteiger partial charge in [0.15, 0.2) is 0 Å². The fraction of sp³-hybridized carbons (Fsp3) is 0.273. The Morgan fingerprint density at radius 1 is 1.57 bits per heavy atom. The van der Waals surface area contributed by atoms with E-state index in [1.165, 1.54) is 0 Å². The first kappa shape index (κ1) is 10.3. The monoisotopic (exact) mass is 187 g/mol. The predicted molar refractivity (Wildman–Crippen MR) is 57.4 cm³/mol. The highest BCUT2D eigenvalue weighted by Crippen LogP contribution is 2.16. The lowest BCUT2D eigenvalue weighted by atomic mass is 10.1. The van der Waals surface area contributed by atoms with Crippen molar-refractivity contribution in [2.45, 2.75) is 20.3 Å². The van der Waals surface area contributed by atoms with E-state index >= 15 is 0 Å². The van der Waals surface area contributed by atoms with Gasteiger partial charge < -0.3 is 5.73 Å². The molecule has 0 atom stereocenters. The fourth-order valence-corrected chi connectivity index (χ4v) is 1.35. The topological polar surface area (TPSA) is 62.7 Å². The van der Waals surface area contributed by atoms with Crippen LogP contribution in [0.5, 0.6) is 0 Å². The number of aryl methyl sites for hydroxylation is 2. The lowest BCUT2D eigenvalue weighted by Crippen LogP contribution is -1.97. The zero-order valence-corrected chi connectivity index (χ0v) is 8.41. The molecule has 0 saturated heterocycles. The van der Waals surface area contributed by atoms with Crippen LogP contribution in [0.2, 0.25) is 0 Å². The quantitative estimate of drug-likeness (QED) is 0.772. The largest absolute Gasteiger partial charge is 0.384 e. The molecule has 1 rings (SSSR count). The minimum atomic E-state index is 0.420. The number of nitrogens with zero attached hydrogens (tertiary/aromatic N) is 2. The van der Waals surface area contributed by atoms with Crippen molar-refractivity contribution in [3.8, 4) is 6.07 Å². The smallest absolute Gasteiger partial charge is 0.123 e. The van der Waals surface area contributed by atoms with E-state index in [0.717, 1.165) is 16.8 Å². The van der Waals surface area contributed by atoms with E-state index in [1.54, 1.807) is 0 Å². The molecule has 0 bridgehead atoms. The Morgan fingerprint density at radius 2 is 2.29 bits per heavy atom. The third kappa shape index (κ3) is 2.33. The van der Waals surface area contributed by atoms with E-state index in [1.807, 2.05) is 32.1 Å². The Hall–Kier alpha value is -1.82. The Morgan fingerprint density at radius 3 is 2.86 bits per heavy atom. The van der Waals surface area contributed by atoms with Gasteiger partial charge in [-0.25, -0.2) is 4.98 Å². The number of nitriles is 1. The molecular weight excluding hydrogens is 174 g/mol. The molecule has 0 spiro atoms. The van der Waals surface area contributed by atoms with Crippen LogP contribution in [0.25, 0.3) is 6.08 Å². The van der Waals surface area contributed by atoms with Crippen LogP contribution in [0.1, 0.15) is 23.2 Å². The van der Waals surface area contributed by atoms with E-state index < -0.39 is 0 Å². The number of allylic oxidation sites excluding steroid dienone is 1. The molecule has 0 saturated carbocycles. The minimum Gasteiger partial charge on any atom is -0.384 e. The van der Waals surface area contributed by atoms with Gasteiger partial charge in [0, 0.05) is 5.69 Å². The van der Waals surface area contributed by atoms with Gasteiger partial charge in [-0.1, -0.05) is 12.2 Å². The average Bonchev–Trinajstić information content (AvgIpc) is 2.09. The van der Waals surface area contributed by atoms with Gasteiger partial charge in [-0.3, -0.25) is 0 Å². The first-order valence-electron chi connectivity index (χ1n) is 4.42. The van der Waals surface area contributed by atoms with Crippen molar-refractivity contribution in [3.63, 3.8) is 0 Å². The SMILES string of the molecule is Cc1cc(N)nc(C)c1C=CCC#N. The summed E-state index contributed by atoms with van der Waals surface area (Å²) in [6, 6.07) is 3.89. The summed E-state index contributed by atoms with van der Waals surface area (Å²) in [5.74, 6) is 0.539. The van der Waals surface area contributed by atoms with Gasteiger partial charge in [-0.2, -0.15) is 5.26 Å². The van der Waals surface area contributed by atoms with Crippen molar-refractivity contribution in [3.05, 3.63) is 29.0 Å². The Labute approximate surface area is 83.9 Å². The summed E-state index contributed by atoms with van der Waals surface area (Å²) in [5.41, 5.74) is 8.63. The minimum absolute atomic E-state index is 0.420. The summed E-state index contributed by atoms with van der Waals surface area (Å²) in [6.45, 7) is 3.90. The van der Waals surface area contributed by atoms with Crippen molar-refractivity contribution >= 4 is 11.9 Å². The summed E-state index contributed by atoms with van der Waals surface area (Å²) in [6.07, 6.45) is 4.16. The van der Waals surface area contributed by atoms with Gasteiger partial charge >= 0.3 is 0 Å². The van der Waals surface area contributed by atoms with Crippen molar-refractivity contribution in [2.75, 3.05) is 5.73 Å². The van der Waals surface area contributed by atoms with Gasteiger partial charge in [-0.15, -0.1) is 0 Å². The maximum Gasteiger partial charge on any atom is 0.123 e. The molecule has 3 nitrogen and oxygen atoms in total. The summed E-state index contributed by atoms with van der Waals surface area (Å²) in [4.78, 5) is 4.16. The number of nitrogens with two attached hydrogens (primary N) is 1. The van der Waals surface area contributed by atoms with Crippen LogP contribution in [-0.2, 0) is 0 Å². The highest BCUT2D eigenvalue weighted by molar-refractivity contribution is 5.58. The first-order chi connectivity index (χ1) is 6.65. The predicted octanol–water partition coefficient (Wildman–Crippen LogP) is 2.21. The summed E-state index contributed by atoms with van der Waals surface area (Å²) >= 11 is 0. The molecule has 2 N–H and O–H groups in total. The van der Waals surface area contributed by atoms with Crippen molar-refractivity contribution in [1.82, 2.24) is 4.98 Å². The summed E-state index contributed by atoms with van der Waals surface area (Å²) < 4.78 is 0. The molecule has 0 unspecified atom stereocenters. The molecule has 0 radical (unpaired) electrons. The van der Waals surface area contributed by atoms with Crippen molar-refractivity contribution in [2.24, 2.45) is 0 Å². The number of pyridine rings is 1. The molecule has 0 fully saturated rings. The number of nitrogen functional groups attached to an aromatic ring is 1. The van der Waals surface area contributed by atoms with Crippen LogP contribution >= 0.6 is 0 Å². The van der Waals surface area contributed by atoms with Crippen LogP contribution in [-0.4, -0.2) is 4.98 Å². The third-order valence-corrected chi connectivity index (χ3v) is 1.97. The molecule has 0 amide bonds. The standard InChI is InChI=1S/C11H13N3/c1-8-7-11(13)14-9(2)10(8)5-3-4-6-12/h3,5,7H,4H2,1-2H3,(H2,13,14).